The normalized spacial score (nSPS) is 22.1. The molecule has 0 radical (unpaired) electrons. The molecule has 1 N–H and O–H groups in total. The van der Waals surface area contributed by atoms with E-state index in [4.69, 9.17) is 4.74 Å². The monoisotopic (exact) mass is 548 g/mol. The fourth-order valence-electron chi connectivity index (χ4n) is 6.14. The molecule has 39 heavy (non-hydrogen) atoms. The van der Waals surface area contributed by atoms with Crippen molar-refractivity contribution in [2.24, 2.45) is 11.3 Å². The third-order valence-electron chi connectivity index (χ3n) is 8.87. The molecule has 1 aliphatic carbocycles. The first-order valence-corrected chi connectivity index (χ1v) is 13.9. The smallest absolute Gasteiger partial charge is 0.395 e. The fourth-order valence-corrected chi connectivity index (χ4v) is 6.14. The first-order valence-electron chi connectivity index (χ1n) is 13.9. The summed E-state index contributed by atoms with van der Waals surface area (Å²) in [7, 11) is 0. The van der Waals surface area contributed by atoms with E-state index in [9.17, 15) is 27.5 Å². The van der Waals surface area contributed by atoms with E-state index in [0.717, 1.165) is 31.2 Å². The molecule has 212 valence electrons. The molecule has 1 atom stereocenters. The Labute approximate surface area is 226 Å². The number of likely N-dealkylation sites (tertiary alicyclic amines) is 2. The van der Waals surface area contributed by atoms with Crippen LogP contribution in [-0.4, -0.2) is 72.4 Å². The van der Waals surface area contributed by atoms with Gasteiger partial charge in [0.05, 0.1) is 24.7 Å². The molecule has 2 heterocycles. The lowest BCUT2D eigenvalue weighted by atomic mass is 9.67. The van der Waals surface area contributed by atoms with E-state index >= 15 is 0 Å². The predicted octanol–water partition coefficient (Wildman–Crippen LogP) is 5.91. The number of nitrogens with zero attached hydrogens (tertiary/aromatic N) is 2. The highest BCUT2D eigenvalue weighted by Gasteiger charge is 2.58. The molecule has 1 unspecified atom stereocenters. The summed E-state index contributed by atoms with van der Waals surface area (Å²) in [6, 6.07) is 11.7. The molecule has 0 spiro atoms. The van der Waals surface area contributed by atoms with Gasteiger partial charge in [-0.25, -0.2) is 4.39 Å². The maximum atomic E-state index is 14.9. The van der Waals surface area contributed by atoms with Crippen LogP contribution in [0.4, 0.5) is 17.6 Å². The first-order chi connectivity index (χ1) is 18.7. The molecule has 0 bridgehead atoms. The Balaban J connectivity index is 1.12. The van der Waals surface area contributed by atoms with Crippen molar-refractivity contribution in [2.45, 2.75) is 57.2 Å². The van der Waals surface area contributed by atoms with Crippen LogP contribution < -0.4 is 4.74 Å². The number of amides is 1. The molecule has 3 fully saturated rings. The van der Waals surface area contributed by atoms with Gasteiger partial charge >= 0.3 is 6.18 Å². The molecule has 1 amide bonds. The van der Waals surface area contributed by atoms with Crippen LogP contribution >= 0.6 is 0 Å². The third-order valence-corrected chi connectivity index (χ3v) is 8.87. The number of hydrogen-bond acceptors (Lipinski definition) is 4. The standard InChI is InChI=1S/C30H36F4N2O3/c31-26-17-24(22-4-6-23(7-5-22)28(38)36-14-1-3-25(36)18-37)8-9-27(26)39-19-21-10-15-35(16-11-21)20-29(12-2-13-29)30(32,33)34/h4-9,17,21,25,37H,1-3,10-16,18-20H2. The number of piperidine rings is 1. The number of alkyl halides is 3. The van der Waals surface area contributed by atoms with Crippen molar-refractivity contribution in [3.8, 4) is 16.9 Å². The van der Waals surface area contributed by atoms with Gasteiger partial charge in [0.1, 0.15) is 0 Å². The quantitative estimate of drug-likeness (QED) is 0.417. The zero-order chi connectivity index (χ0) is 27.6. The van der Waals surface area contributed by atoms with Gasteiger partial charge in [0, 0.05) is 18.7 Å². The number of hydrogen-bond donors (Lipinski definition) is 1. The van der Waals surface area contributed by atoms with Crippen LogP contribution in [0, 0.1) is 17.2 Å². The summed E-state index contributed by atoms with van der Waals surface area (Å²) in [4.78, 5) is 16.4. The molecule has 5 rings (SSSR count). The summed E-state index contributed by atoms with van der Waals surface area (Å²) >= 11 is 0. The summed E-state index contributed by atoms with van der Waals surface area (Å²) < 4.78 is 61.1. The number of ether oxygens (including phenoxy) is 1. The summed E-state index contributed by atoms with van der Waals surface area (Å²) in [5.41, 5.74) is 0.434. The molecule has 2 saturated heterocycles. The molecular formula is C30H36F4N2O3. The summed E-state index contributed by atoms with van der Waals surface area (Å²) in [6.45, 7) is 2.21. The van der Waals surface area contributed by atoms with Crippen molar-refractivity contribution in [2.75, 3.05) is 39.4 Å². The SMILES string of the molecule is O=C(c1ccc(-c2ccc(OCC3CCN(CC4(C(F)(F)F)CCC4)CC3)c(F)c2)cc1)N1CCCC1CO. The lowest BCUT2D eigenvalue weighted by Crippen LogP contribution is -2.53. The Morgan fingerprint density at radius 2 is 1.67 bits per heavy atom. The molecule has 2 aromatic rings. The van der Waals surface area contributed by atoms with Gasteiger partial charge in [-0.15, -0.1) is 0 Å². The van der Waals surface area contributed by atoms with Crippen LogP contribution in [0.1, 0.15) is 55.3 Å². The van der Waals surface area contributed by atoms with Crippen molar-refractivity contribution in [3.05, 3.63) is 53.8 Å². The molecular weight excluding hydrogens is 512 g/mol. The minimum atomic E-state index is -4.15. The van der Waals surface area contributed by atoms with Crippen LogP contribution in [0.5, 0.6) is 5.75 Å². The Morgan fingerprint density at radius 1 is 0.974 bits per heavy atom. The van der Waals surface area contributed by atoms with Crippen LogP contribution in [0.2, 0.25) is 0 Å². The average molecular weight is 549 g/mol. The third kappa shape index (κ3) is 5.94. The zero-order valence-corrected chi connectivity index (χ0v) is 22.1. The second-order valence-corrected chi connectivity index (χ2v) is 11.4. The van der Waals surface area contributed by atoms with Crippen molar-refractivity contribution >= 4 is 5.91 Å². The second kappa shape index (κ2) is 11.5. The van der Waals surface area contributed by atoms with Crippen molar-refractivity contribution < 1.29 is 32.2 Å². The highest BCUT2D eigenvalue weighted by atomic mass is 19.4. The number of aliphatic hydroxyl groups excluding tert-OH is 1. The van der Waals surface area contributed by atoms with Gasteiger partial charge in [-0.1, -0.05) is 24.6 Å². The average Bonchev–Trinajstić information content (AvgIpc) is 3.39. The van der Waals surface area contributed by atoms with Gasteiger partial charge in [-0.05, 0) is 92.9 Å². The van der Waals surface area contributed by atoms with E-state index < -0.39 is 17.4 Å². The Bertz CT molecular complexity index is 1140. The van der Waals surface area contributed by atoms with Gasteiger partial charge in [-0.2, -0.15) is 13.2 Å². The topological polar surface area (TPSA) is 53.0 Å². The number of halogens is 4. The Morgan fingerprint density at radius 3 is 2.26 bits per heavy atom. The van der Waals surface area contributed by atoms with Crippen molar-refractivity contribution in [1.82, 2.24) is 9.80 Å². The maximum Gasteiger partial charge on any atom is 0.395 e. The van der Waals surface area contributed by atoms with Gasteiger partial charge in [0.15, 0.2) is 11.6 Å². The molecule has 3 aliphatic rings. The minimum absolute atomic E-state index is 0.0424. The summed E-state index contributed by atoms with van der Waals surface area (Å²) in [5.74, 6) is -0.260. The van der Waals surface area contributed by atoms with Crippen LogP contribution in [-0.2, 0) is 0 Å². The van der Waals surface area contributed by atoms with Crippen LogP contribution in [0.15, 0.2) is 42.5 Å². The molecule has 9 heteroatoms. The minimum Gasteiger partial charge on any atom is -0.490 e. The van der Waals surface area contributed by atoms with E-state index in [2.05, 4.69) is 0 Å². The molecule has 0 aromatic heterocycles. The van der Waals surface area contributed by atoms with Crippen LogP contribution in [0.25, 0.3) is 11.1 Å². The second-order valence-electron chi connectivity index (χ2n) is 11.4. The zero-order valence-electron chi connectivity index (χ0n) is 22.1. The van der Waals surface area contributed by atoms with Gasteiger partial charge in [0.25, 0.3) is 5.91 Å². The number of rotatable bonds is 8. The van der Waals surface area contributed by atoms with Gasteiger partial charge in [-0.3, -0.25) is 4.79 Å². The van der Waals surface area contributed by atoms with Crippen molar-refractivity contribution in [3.63, 3.8) is 0 Å². The van der Waals surface area contributed by atoms with Gasteiger partial charge in [0.2, 0.25) is 0 Å². The number of benzene rings is 2. The van der Waals surface area contributed by atoms with Gasteiger partial charge < -0.3 is 19.6 Å². The maximum absolute atomic E-state index is 14.9. The Hall–Kier alpha value is -2.65. The molecule has 2 aliphatic heterocycles. The number of carbonyl (C=O) groups excluding carboxylic acids is 1. The molecule has 2 aromatic carbocycles. The number of carbonyl (C=O) groups is 1. The van der Waals surface area contributed by atoms with E-state index in [1.807, 2.05) is 4.90 Å². The lowest BCUT2D eigenvalue weighted by Gasteiger charge is -2.47. The van der Waals surface area contributed by atoms with E-state index in [-0.39, 0.29) is 49.6 Å². The van der Waals surface area contributed by atoms with Crippen LogP contribution in [0.3, 0.4) is 0 Å². The predicted molar refractivity (Wildman–Crippen MR) is 140 cm³/mol. The Kier molecular flexibility index (Phi) is 8.19. The lowest BCUT2D eigenvalue weighted by molar-refractivity contribution is -0.256. The fraction of sp³-hybridized carbons (Fsp3) is 0.567. The van der Waals surface area contributed by atoms with E-state index in [1.54, 1.807) is 41.3 Å². The first kappa shape index (κ1) is 27.9. The largest absolute Gasteiger partial charge is 0.490 e. The van der Waals surface area contributed by atoms with Crippen molar-refractivity contribution in [1.29, 1.82) is 0 Å². The summed E-state index contributed by atoms with van der Waals surface area (Å²) in [5, 5.41) is 9.49. The number of aliphatic hydroxyl groups is 1. The highest BCUT2D eigenvalue weighted by Crippen LogP contribution is 2.53. The highest BCUT2D eigenvalue weighted by molar-refractivity contribution is 5.95. The molecule has 5 nitrogen and oxygen atoms in total. The van der Waals surface area contributed by atoms with E-state index in [1.165, 1.54) is 6.07 Å². The molecule has 1 saturated carbocycles. The summed E-state index contributed by atoms with van der Waals surface area (Å²) in [6.07, 6.45) is 0.0851. The van der Waals surface area contributed by atoms with E-state index in [0.29, 0.717) is 43.8 Å².